The molecule has 0 aliphatic carbocycles. The average Bonchev–Trinajstić information content (AvgIpc) is 2.88. The van der Waals surface area contributed by atoms with Crippen LogP contribution in [0.1, 0.15) is 23.3 Å². The summed E-state index contributed by atoms with van der Waals surface area (Å²) in [6, 6.07) is 3.56. The van der Waals surface area contributed by atoms with E-state index < -0.39 is 0 Å². The van der Waals surface area contributed by atoms with Crippen LogP contribution in [0.25, 0.3) is 0 Å². The first-order chi connectivity index (χ1) is 16.5. The Bertz CT molecular complexity index is 831. The number of piperazine rings is 1. The van der Waals surface area contributed by atoms with Gasteiger partial charge in [-0.05, 0) is 23.8 Å². The summed E-state index contributed by atoms with van der Waals surface area (Å²) in [7, 11) is 0. The number of nitrogens with zero attached hydrogens (tertiary/aromatic N) is 4. The standard InChI is InChI=1S/C13H19N5O.C12H17N2O.Y/c1-3-17(4-2)13(19)11-5-6-12(16-15-11)18-9-7-14-8-10-18;1-3-4-10-14-12(15)8-7-11(2)6-5-9-13;/h5-6,14H,1-4,7-10H2;5-9,13H,1-4,10H2,(H,14,15);/q-2;-1;+3/b;6-5-,8-7+,13-9?;. The van der Waals surface area contributed by atoms with Crippen LogP contribution < -0.4 is 15.5 Å². The molecule has 2 amide bonds. The van der Waals surface area contributed by atoms with E-state index in [1.54, 1.807) is 24.3 Å². The summed E-state index contributed by atoms with van der Waals surface area (Å²) in [6.07, 6.45) is 9.11. The Morgan fingerprint density at radius 1 is 1.14 bits per heavy atom. The predicted octanol–water partition coefficient (Wildman–Crippen LogP) is 2.03. The van der Waals surface area contributed by atoms with Crippen LogP contribution in [-0.4, -0.2) is 78.9 Å². The monoisotopic (exact) mass is 555 g/mol. The third-order valence-electron chi connectivity index (χ3n) is 4.72. The van der Waals surface area contributed by atoms with Gasteiger partial charge in [0.05, 0.1) is 0 Å². The number of rotatable bonds is 11. The number of anilines is 1. The van der Waals surface area contributed by atoms with Gasteiger partial charge in [0.1, 0.15) is 0 Å². The molecule has 35 heavy (non-hydrogen) atoms. The molecule has 186 valence electrons. The second-order valence-electron chi connectivity index (χ2n) is 7.24. The first-order valence-electron chi connectivity index (χ1n) is 11.2. The molecule has 0 unspecified atom stereocenters. The topological polar surface area (TPSA) is 114 Å². The van der Waals surface area contributed by atoms with Crippen LogP contribution >= 0.6 is 0 Å². The molecule has 1 aliphatic rings. The predicted molar refractivity (Wildman–Crippen MR) is 138 cm³/mol. The van der Waals surface area contributed by atoms with Crippen molar-refractivity contribution in [2.24, 2.45) is 0 Å². The quantitative estimate of drug-likeness (QED) is 0.127. The van der Waals surface area contributed by atoms with Crippen molar-refractivity contribution in [3.05, 3.63) is 75.1 Å². The van der Waals surface area contributed by atoms with Crippen LogP contribution in [0.2, 0.25) is 0 Å². The van der Waals surface area contributed by atoms with Crippen LogP contribution in [0.15, 0.2) is 48.6 Å². The molecular weight excluding hydrogens is 519 g/mol. The van der Waals surface area contributed by atoms with Crippen LogP contribution in [0.3, 0.4) is 0 Å². The third-order valence-corrected chi connectivity index (χ3v) is 4.72. The van der Waals surface area contributed by atoms with Crippen LogP contribution in [-0.2, 0) is 37.5 Å². The fourth-order valence-electron chi connectivity index (χ4n) is 2.78. The number of hydrogen-bond acceptors (Lipinski definition) is 7. The van der Waals surface area contributed by atoms with Crippen LogP contribution in [0, 0.1) is 26.2 Å². The summed E-state index contributed by atoms with van der Waals surface area (Å²) < 4.78 is 0. The van der Waals surface area contributed by atoms with Crippen LogP contribution in [0.5, 0.6) is 0 Å². The summed E-state index contributed by atoms with van der Waals surface area (Å²) in [6.45, 7) is 19.9. The third kappa shape index (κ3) is 13.4. The summed E-state index contributed by atoms with van der Waals surface area (Å²) >= 11 is 0. The molecule has 1 aromatic heterocycles. The molecule has 0 spiro atoms. The first-order valence-corrected chi connectivity index (χ1v) is 11.2. The van der Waals surface area contributed by atoms with Gasteiger partial charge in [0.25, 0.3) is 5.91 Å². The van der Waals surface area contributed by atoms with Gasteiger partial charge in [-0.15, -0.1) is 23.3 Å². The number of hydrogen-bond donors (Lipinski definition) is 3. The summed E-state index contributed by atoms with van der Waals surface area (Å²) in [5.74, 6) is 0.506. The zero-order valence-corrected chi connectivity index (χ0v) is 23.3. The molecule has 2 heterocycles. The molecule has 0 saturated carbocycles. The van der Waals surface area contributed by atoms with E-state index in [2.05, 4.69) is 53.1 Å². The minimum Gasteiger partial charge on any atom is -0.397 e. The van der Waals surface area contributed by atoms with E-state index in [-0.39, 0.29) is 44.5 Å². The van der Waals surface area contributed by atoms with Crippen molar-refractivity contribution in [2.45, 2.75) is 12.8 Å². The van der Waals surface area contributed by atoms with E-state index in [0.717, 1.165) is 51.1 Å². The Morgan fingerprint density at radius 3 is 2.37 bits per heavy atom. The molecule has 0 atom stereocenters. The maximum atomic E-state index is 12.0. The molecule has 0 radical (unpaired) electrons. The van der Waals surface area contributed by atoms with Crippen molar-refractivity contribution >= 4 is 23.8 Å². The molecule has 0 bridgehead atoms. The maximum absolute atomic E-state index is 12.0. The van der Waals surface area contributed by atoms with E-state index in [9.17, 15) is 9.59 Å². The largest absolute Gasteiger partial charge is 3.00 e. The molecule has 1 aliphatic heterocycles. The Labute approximate surface area is 234 Å². The zero-order valence-electron chi connectivity index (χ0n) is 20.4. The molecule has 0 aromatic carbocycles. The smallest absolute Gasteiger partial charge is 0.397 e. The van der Waals surface area contributed by atoms with Gasteiger partial charge in [0, 0.05) is 45.0 Å². The minimum absolute atomic E-state index is 0. The second-order valence-corrected chi connectivity index (χ2v) is 7.24. The van der Waals surface area contributed by atoms with E-state index in [1.165, 1.54) is 11.0 Å². The molecule has 2 rings (SSSR count). The van der Waals surface area contributed by atoms with Gasteiger partial charge >= 0.3 is 32.7 Å². The normalized spacial score (nSPS) is 12.9. The molecule has 1 aromatic rings. The van der Waals surface area contributed by atoms with E-state index >= 15 is 0 Å². The van der Waals surface area contributed by atoms with Gasteiger partial charge in [0.15, 0.2) is 11.5 Å². The molecule has 3 N–H and O–H groups in total. The number of allylic oxidation sites excluding steroid dienone is 4. The Balaban J connectivity index is 0.000000663. The van der Waals surface area contributed by atoms with Gasteiger partial charge in [-0.3, -0.25) is 9.59 Å². The second kappa shape index (κ2) is 20.0. The summed E-state index contributed by atoms with van der Waals surface area (Å²) in [5, 5.41) is 20.9. The number of nitrogens with one attached hydrogen (secondary N) is 3. The number of unbranched alkanes of at least 4 members (excludes halogenated alkanes) is 1. The minimum atomic E-state index is -0.177. The number of carbonyl (C=O) groups excluding carboxylic acids is 2. The van der Waals surface area contributed by atoms with E-state index in [4.69, 9.17) is 5.41 Å². The van der Waals surface area contributed by atoms with Gasteiger partial charge in [-0.1, -0.05) is 25.2 Å². The van der Waals surface area contributed by atoms with Crippen molar-refractivity contribution in [3.63, 3.8) is 0 Å². The van der Waals surface area contributed by atoms with E-state index in [0.29, 0.717) is 30.9 Å². The molecule has 1 saturated heterocycles. The van der Waals surface area contributed by atoms with Gasteiger partial charge in [-0.2, -0.15) is 6.42 Å². The van der Waals surface area contributed by atoms with Gasteiger partial charge in [-0.25, -0.2) is 0 Å². The van der Waals surface area contributed by atoms with Crippen molar-refractivity contribution in [1.29, 1.82) is 5.41 Å². The molecule has 9 nitrogen and oxygen atoms in total. The van der Waals surface area contributed by atoms with Crippen molar-refractivity contribution in [2.75, 3.05) is 50.7 Å². The molecular formula is C25H36N7O2Y. The first kappa shape index (κ1) is 32.8. The fraction of sp³-hybridized carbons (Fsp3) is 0.360. The summed E-state index contributed by atoms with van der Waals surface area (Å²) in [5.41, 5.74) is 1.02. The summed E-state index contributed by atoms with van der Waals surface area (Å²) in [4.78, 5) is 26.9. The van der Waals surface area contributed by atoms with Crippen molar-refractivity contribution in [1.82, 2.24) is 25.7 Å². The Hall–Kier alpha value is -2.23. The maximum Gasteiger partial charge on any atom is 3.00 e. The van der Waals surface area contributed by atoms with Crippen molar-refractivity contribution < 1.29 is 42.3 Å². The SMILES string of the molecule is C=C(/C=C\C=N)/C=C/C(=O)NCCC[CH2-].[CH2-]CN(C[CH2-])C(=O)c1ccc(N2CCNCC2)nn1.[Y+3]. The van der Waals surface area contributed by atoms with Gasteiger partial charge in [0.2, 0.25) is 5.91 Å². The Kier molecular flexibility index (Phi) is 18.7. The molecule has 10 heteroatoms. The number of carbonyl (C=O) groups is 2. The Morgan fingerprint density at radius 2 is 1.83 bits per heavy atom. The molecule has 1 fully saturated rings. The van der Waals surface area contributed by atoms with Crippen LogP contribution in [0.4, 0.5) is 5.82 Å². The van der Waals surface area contributed by atoms with Gasteiger partial charge < -0.3 is 46.6 Å². The van der Waals surface area contributed by atoms with E-state index in [1.807, 2.05) is 6.07 Å². The number of amides is 2. The average molecular weight is 556 g/mol. The fourth-order valence-corrected chi connectivity index (χ4v) is 2.78. The number of aromatic nitrogens is 2. The van der Waals surface area contributed by atoms with Crippen molar-refractivity contribution in [3.8, 4) is 0 Å². The zero-order chi connectivity index (χ0) is 25.2.